The van der Waals surface area contributed by atoms with E-state index in [4.69, 9.17) is 0 Å². The molecule has 26 heavy (non-hydrogen) atoms. The van der Waals surface area contributed by atoms with Crippen molar-refractivity contribution in [2.45, 2.75) is 19.9 Å². The van der Waals surface area contributed by atoms with Crippen LogP contribution >= 0.6 is 0 Å². The van der Waals surface area contributed by atoms with Gasteiger partial charge in [0.25, 0.3) is 17.5 Å². The maximum Gasteiger partial charge on any atom is 0.270 e. The first-order valence-electron chi connectivity index (χ1n) is 8.00. The first kappa shape index (κ1) is 18.9. The SMILES string of the molecule is CC(C)NC(=O)C(=Cc1cccc([N+](=O)[O-])c1)NC(=O)c1ccccc1. The summed E-state index contributed by atoms with van der Waals surface area (Å²) in [7, 11) is 0. The Morgan fingerprint density at radius 3 is 2.38 bits per heavy atom. The topological polar surface area (TPSA) is 101 Å². The van der Waals surface area contributed by atoms with Crippen LogP contribution in [0, 0.1) is 10.1 Å². The molecule has 2 N–H and O–H groups in total. The number of benzene rings is 2. The average molecular weight is 353 g/mol. The standard InChI is InChI=1S/C19H19N3O4/c1-13(2)20-19(24)17(21-18(23)15-8-4-3-5-9-15)12-14-7-6-10-16(11-14)22(25)26/h3-13H,1-2H3,(H,20,24)(H,21,23). The zero-order chi connectivity index (χ0) is 19.1. The Morgan fingerprint density at radius 2 is 1.77 bits per heavy atom. The summed E-state index contributed by atoms with van der Waals surface area (Å²) in [5, 5.41) is 16.2. The molecule has 2 aromatic rings. The molecule has 0 saturated heterocycles. The largest absolute Gasteiger partial charge is 0.349 e. The number of hydrogen-bond acceptors (Lipinski definition) is 4. The summed E-state index contributed by atoms with van der Waals surface area (Å²) in [6.07, 6.45) is 1.41. The fourth-order valence-electron chi connectivity index (χ4n) is 2.18. The third kappa shape index (κ3) is 5.27. The van der Waals surface area contributed by atoms with Gasteiger partial charge in [0.05, 0.1) is 4.92 Å². The molecular formula is C19H19N3O4. The lowest BCUT2D eigenvalue weighted by molar-refractivity contribution is -0.384. The molecule has 7 heteroatoms. The zero-order valence-electron chi connectivity index (χ0n) is 14.4. The van der Waals surface area contributed by atoms with E-state index < -0.39 is 16.7 Å². The molecule has 0 heterocycles. The van der Waals surface area contributed by atoms with E-state index in [0.29, 0.717) is 11.1 Å². The van der Waals surface area contributed by atoms with Crippen LogP contribution in [-0.4, -0.2) is 22.8 Å². The van der Waals surface area contributed by atoms with Gasteiger partial charge in [-0.1, -0.05) is 30.3 Å². The number of nitro benzene ring substituents is 1. The Labute approximate surface area is 150 Å². The van der Waals surface area contributed by atoms with Crippen molar-refractivity contribution in [1.29, 1.82) is 0 Å². The number of carbonyl (C=O) groups excluding carboxylic acids is 2. The van der Waals surface area contributed by atoms with E-state index >= 15 is 0 Å². The molecule has 0 aliphatic heterocycles. The van der Waals surface area contributed by atoms with Crippen molar-refractivity contribution in [3.63, 3.8) is 0 Å². The van der Waals surface area contributed by atoms with E-state index in [1.807, 2.05) is 0 Å². The molecule has 0 atom stereocenters. The van der Waals surface area contributed by atoms with Crippen molar-refractivity contribution in [2.75, 3.05) is 0 Å². The van der Waals surface area contributed by atoms with Gasteiger partial charge in [-0.2, -0.15) is 0 Å². The van der Waals surface area contributed by atoms with Gasteiger partial charge in [0, 0.05) is 23.7 Å². The molecule has 0 spiro atoms. The molecule has 0 aliphatic rings. The number of non-ortho nitro benzene ring substituents is 1. The normalized spacial score (nSPS) is 11.1. The van der Waals surface area contributed by atoms with Gasteiger partial charge in [-0.05, 0) is 37.6 Å². The van der Waals surface area contributed by atoms with Crippen molar-refractivity contribution >= 4 is 23.6 Å². The maximum absolute atomic E-state index is 12.4. The van der Waals surface area contributed by atoms with Crippen LogP contribution in [-0.2, 0) is 4.79 Å². The Balaban J connectivity index is 2.34. The van der Waals surface area contributed by atoms with E-state index in [2.05, 4.69) is 10.6 Å². The van der Waals surface area contributed by atoms with Crippen LogP contribution in [0.4, 0.5) is 5.69 Å². The average Bonchev–Trinajstić information content (AvgIpc) is 2.61. The molecule has 0 radical (unpaired) electrons. The van der Waals surface area contributed by atoms with Gasteiger partial charge in [-0.25, -0.2) is 0 Å². The van der Waals surface area contributed by atoms with Gasteiger partial charge in [0.1, 0.15) is 5.70 Å². The number of hydrogen-bond donors (Lipinski definition) is 2. The molecule has 2 rings (SSSR count). The van der Waals surface area contributed by atoms with Gasteiger partial charge in [0.2, 0.25) is 0 Å². The summed E-state index contributed by atoms with van der Waals surface area (Å²) in [5.41, 5.74) is 0.737. The van der Waals surface area contributed by atoms with E-state index in [1.165, 1.54) is 24.3 Å². The number of nitrogens with one attached hydrogen (secondary N) is 2. The van der Waals surface area contributed by atoms with Crippen molar-refractivity contribution in [3.05, 3.63) is 81.5 Å². The Hall–Kier alpha value is -3.48. The Kier molecular flexibility index (Phi) is 6.21. The summed E-state index contributed by atoms with van der Waals surface area (Å²) < 4.78 is 0. The minimum absolute atomic E-state index is 0.00745. The second-order valence-electron chi connectivity index (χ2n) is 5.86. The summed E-state index contributed by atoms with van der Waals surface area (Å²) in [4.78, 5) is 35.2. The van der Waals surface area contributed by atoms with Crippen LogP contribution in [0.25, 0.3) is 6.08 Å². The van der Waals surface area contributed by atoms with Crippen molar-refractivity contribution < 1.29 is 14.5 Å². The molecule has 0 aromatic heterocycles. The first-order valence-corrected chi connectivity index (χ1v) is 8.00. The van der Waals surface area contributed by atoms with E-state index in [9.17, 15) is 19.7 Å². The lowest BCUT2D eigenvalue weighted by atomic mass is 10.1. The highest BCUT2D eigenvalue weighted by Gasteiger charge is 2.16. The van der Waals surface area contributed by atoms with Crippen LogP contribution in [0.5, 0.6) is 0 Å². The van der Waals surface area contributed by atoms with Gasteiger partial charge in [-0.15, -0.1) is 0 Å². The monoisotopic (exact) mass is 353 g/mol. The number of rotatable bonds is 6. The maximum atomic E-state index is 12.4. The van der Waals surface area contributed by atoms with Gasteiger partial charge < -0.3 is 10.6 Å². The van der Waals surface area contributed by atoms with Crippen molar-refractivity contribution in [2.24, 2.45) is 0 Å². The Bertz CT molecular complexity index is 845. The van der Waals surface area contributed by atoms with E-state index in [1.54, 1.807) is 50.2 Å². The van der Waals surface area contributed by atoms with Crippen LogP contribution in [0.15, 0.2) is 60.3 Å². The lowest BCUT2D eigenvalue weighted by Gasteiger charge is -2.13. The van der Waals surface area contributed by atoms with Crippen LogP contribution in [0.2, 0.25) is 0 Å². The smallest absolute Gasteiger partial charge is 0.270 e. The van der Waals surface area contributed by atoms with Gasteiger partial charge >= 0.3 is 0 Å². The summed E-state index contributed by atoms with van der Waals surface area (Å²) in [6, 6.07) is 14.1. The predicted octanol–water partition coefficient (Wildman–Crippen LogP) is 2.89. The van der Waals surface area contributed by atoms with Crippen LogP contribution in [0.3, 0.4) is 0 Å². The molecule has 2 amide bonds. The van der Waals surface area contributed by atoms with Crippen molar-refractivity contribution in [3.8, 4) is 0 Å². The predicted molar refractivity (Wildman–Crippen MR) is 98.3 cm³/mol. The zero-order valence-corrected chi connectivity index (χ0v) is 14.4. The summed E-state index contributed by atoms with van der Waals surface area (Å²) in [6.45, 7) is 3.59. The quantitative estimate of drug-likeness (QED) is 0.473. The molecule has 0 unspecified atom stereocenters. The van der Waals surface area contributed by atoms with Crippen molar-refractivity contribution in [1.82, 2.24) is 10.6 Å². The highest BCUT2D eigenvalue weighted by Crippen LogP contribution is 2.15. The molecule has 0 saturated carbocycles. The highest BCUT2D eigenvalue weighted by molar-refractivity contribution is 6.05. The fourth-order valence-corrected chi connectivity index (χ4v) is 2.18. The van der Waals surface area contributed by atoms with Crippen LogP contribution < -0.4 is 10.6 Å². The molecule has 0 fully saturated rings. The Morgan fingerprint density at radius 1 is 1.08 bits per heavy atom. The van der Waals surface area contributed by atoms with Gasteiger partial charge in [-0.3, -0.25) is 19.7 Å². The first-order chi connectivity index (χ1) is 12.4. The number of amides is 2. The third-order valence-electron chi connectivity index (χ3n) is 3.34. The number of nitro groups is 1. The molecule has 0 aliphatic carbocycles. The molecule has 2 aromatic carbocycles. The lowest BCUT2D eigenvalue weighted by Crippen LogP contribution is -2.38. The number of carbonyl (C=O) groups is 2. The molecule has 0 bridgehead atoms. The van der Waals surface area contributed by atoms with E-state index in [0.717, 1.165) is 0 Å². The second-order valence-corrected chi connectivity index (χ2v) is 5.86. The van der Waals surface area contributed by atoms with Gasteiger partial charge in [0.15, 0.2) is 0 Å². The minimum Gasteiger partial charge on any atom is -0.349 e. The second kappa shape index (κ2) is 8.57. The summed E-state index contributed by atoms with van der Waals surface area (Å²) >= 11 is 0. The molecule has 7 nitrogen and oxygen atoms in total. The summed E-state index contributed by atoms with van der Waals surface area (Å²) in [5.74, 6) is -0.919. The highest BCUT2D eigenvalue weighted by atomic mass is 16.6. The minimum atomic E-state index is -0.520. The third-order valence-corrected chi connectivity index (χ3v) is 3.34. The fraction of sp³-hybridized carbons (Fsp3) is 0.158. The molecule has 134 valence electrons. The number of nitrogens with zero attached hydrogens (tertiary/aromatic N) is 1. The van der Waals surface area contributed by atoms with E-state index in [-0.39, 0.29) is 17.4 Å². The van der Waals surface area contributed by atoms with Crippen LogP contribution in [0.1, 0.15) is 29.8 Å². The molecular weight excluding hydrogens is 334 g/mol.